The molecule has 5 heteroatoms. The van der Waals surface area contributed by atoms with E-state index in [1.165, 1.54) is 0 Å². The summed E-state index contributed by atoms with van der Waals surface area (Å²) in [5.74, 6) is 1.95. The van der Waals surface area contributed by atoms with E-state index in [1.807, 2.05) is 12.1 Å². The van der Waals surface area contributed by atoms with Gasteiger partial charge < -0.3 is 0 Å². The van der Waals surface area contributed by atoms with Crippen LogP contribution in [-0.4, -0.2) is 0 Å². The zero-order valence-corrected chi connectivity index (χ0v) is 8.70. The molecule has 0 aliphatic carbocycles. The van der Waals surface area contributed by atoms with Crippen LogP contribution in [0.3, 0.4) is 0 Å². The van der Waals surface area contributed by atoms with Gasteiger partial charge in [0.05, 0.1) is 0 Å². The SMILES string of the molecule is C=C1O[P+]2(OC1=C)Oc1ccccc1O2. The summed E-state index contributed by atoms with van der Waals surface area (Å²) in [6.45, 7) is 7.28. The molecule has 1 aromatic rings. The molecule has 2 heterocycles. The minimum Gasteiger partial charge on any atom is -0.237 e. The Morgan fingerprint density at radius 2 is 1.27 bits per heavy atom. The molecule has 4 nitrogen and oxygen atoms in total. The monoisotopic (exact) mass is 223 g/mol. The molecular formula is C10H8O4P+. The molecular weight excluding hydrogens is 215 g/mol. The topological polar surface area (TPSA) is 36.9 Å². The van der Waals surface area contributed by atoms with Crippen LogP contribution in [-0.2, 0) is 9.05 Å². The van der Waals surface area contributed by atoms with E-state index < -0.39 is 8.17 Å². The fraction of sp³-hybridized carbons (Fsp3) is 0. The molecule has 1 fully saturated rings. The van der Waals surface area contributed by atoms with E-state index in [0.717, 1.165) is 0 Å². The Balaban J connectivity index is 1.96. The average molecular weight is 223 g/mol. The van der Waals surface area contributed by atoms with Gasteiger partial charge in [-0.2, -0.15) is 0 Å². The van der Waals surface area contributed by atoms with E-state index in [2.05, 4.69) is 13.2 Å². The van der Waals surface area contributed by atoms with Crippen molar-refractivity contribution in [3.63, 3.8) is 0 Å². The van der Waals surface area contributed by atoms with Gasteiger partial charge in [-0.25, -0.2) is 18.1 Å². The highest BCUT2D eigenvalue weighted by molar-refractivity contribution is 7.58. The summed E-state index contributed by atoms with van der Waals surface area (Å²) in [6, 6.07) is 7.29. The van der Waals surface area contributed by atoms with Crippen molar-refractivity contribution in [1.29, 1.82) is 0 Å². The fourth-order valence-corrected chi connectivity index (χ4v) is 3.08. The maximum atomic E-state index is 5.52. The fourth-order valence-electron chi connectivity index (χ4n) is 1.33. The first-order valence-corrected chi connectivity index (χ1v) is 5.79. The minimum absolute atomic E-state index is 0.358. The highest BCUT2D eigenvalue weighted by Crippen LogP contribution is 2.74. The lowest BCUT2D eigenvalue weighted by Gasteiger charge is -2.02. The van der Waals surface area contributed by atoms with Crippen molar-refractivity contribution in [3.05, 3.63) is 48.9 Å². The normalized spacial score (nSPS) is 20.3. The van der Waals surface area contributed by atoms with E-state index in [0.29, 0.717) is 23.0 Å². The quantitative estimate of drug-likeness (QED) is 0.633. The molecule has 3 rings (SSSR count). The predicted molar refractivity (Wildman–Crippen MR) is 55.1 cm³/mol. The molecule has 0 atom stereocenters. The molecule has 0 saturated carbocycles. The van der Waals surface area contributed by atoms with Crippen LogP contribution in [0.15, 0.2) is 48.9 Å². The third-order valence-electron chi connectivity index (χ3n) is 2.02. The van der Waals surface area contributed by atoms with Crippen LogP contribution < -0.4 is 9.05 Å². The number of hydrogen-bond acceptors (Lipinski definition) is 4. The van der Waals surface area contributed by atoms with Crippen molar-refractivity contribution < 1.29 is 18.1 Å². The Hall–Kier alpha value is -1.67. The summed E-state index contributed by atoms with van der Waals surface area (Å²) in [7, 11) is -2.79. The molecule has 2 aliphatic heterocycles. The second-order valence-electron chi connectivity index (χ2n) is 3.11. The van der Waals surface area contributed by atoms with Gasteiger partial charge in [0, 0.05) is 0 Å². The highest BCUT2D eigenvalue weighted by Gasteiger charge is 2.66. The summed E-state index contributed by atoms with van der Waals surface area (Å²) in [5, 5.41) is 0. The first-order chi connectivity index (χ1) is 7.19. The summed E-state index contributed by atoms with van der Waals surface area (Å²) in [6.07, 6.45) is 0. The minimum atomic E-state index is -2.79. The Morgan fingerprint density at radius 1 is 0.800 bits per heavy atom. The summed E-state index contributed by atoms with van der Waals surface area (Å²) in [5.41, 5.74) is 0. The van der Waals surface area contributed by atoms with Crippen LogP contribution in [0.4, 0.5) is 0 Å². The summed E-state index contributed by atoms with van der Waals surface area (Å²) >= 11 is 0. The molecule has 0 N–H and O–H groups in total. The van der Waals surface area contributed by atoms with Gasteiger partial charge in [0.2, 0.25) is 23.0 Å². The smallest absolute Gasteiger partial charge is 0.237 e. The zero-order valence-electron chi connectivity index (χ0n) is 7.80. The number of para-hydroxylation sites is 2. The van der Waals surface area contributed by atoms with Crippen molar-refractivity contribution in [1.82, 2.24) is 0 Å². The highest BCUT2D eigenvalue weighted by atomic mass is 31.2. The third kappa shape index (κ3) is 1.18. The molecule has 0 radical (unpaired) electrons. The largest absolute Gasteiger partial charge is 0.767 e. The Labute approximate surface area is 87.4 Å². The van der Waals surface area contributed by atoms with E-state index >= 15 is 0 Å². The number of rotatable bonds is 0. The number of fused-ring (bicyclic) bond motifs is 1. The van der Waals surface area contributed by atoms with E-state index in [4.69, 9.17) is 18.1 Å². The average Bonchev–Trinajstić information content (AvgIpc) is 2.66. The van der Waals surface area contributed by atoms with E-state index in [-0.39, 0.29) is 0 Å². The lowest BCUT2D eigenvalue weighted by molar-refractivity contribution is 0.285. The van der Waals surface area contributed by atoms with Crippen molar-refractivity contribution in [3.8, 4) is 11.5 Å². The third-order valence-corrected chi connectivity index (χ3v) is 3.75. The van der Waals surface area contributed by atoms with E-state index in [9.17, 15) is 0 Å². The first-order valence-electron chi connectivity index (χ1n) is 4.33. The van der Waals surface area contributed by atoms with Gasteiger partial charge in [-0.15, -0.1) is 0 Å². The molecule has 1 saturated heterocycles. The molecule has 15 heavy (non-hydrogen) atoms. The molecule has 0 amide bonds. The molecule has 2 aliphatic rings. The number of benzene rings is 1. The second kappa shape index (κ2) is 2.67. The van der Waals surface area contributed by atoms with Crippen LogP contribution in [0.2, 0.25) is 0 Å². The first kappa shape index (κ1) is 8.62. The van der Waals surface area contributed by atoms with Crippen LogP contribution in [0.1, 0.15) is 0 Å². The molecule has 1 aromatic carbocycles. The Kier molecular flexibility index (Phi) is 1.54. The molecule has 76 valence electrons. The maximum Gasteiger partial charge on any atom is 0.767 e. The zero-order chi connectivity index (χ0) is 10.5. The van der Waals surface area contributed by atoms with Crippen molar-refractivity contribution in [2.45, 2.75) is 0 Å². The maximum absolute atomic E-state index is 5.52. The summed E-state index contributed by atoms with van der Waals surface area (Å²) < 4.78 is 21.7. The molecule has 0 unspecified atom stereocenters. The Morgan fingerprint density at radius 3 is 1.73 bits per heavy atom. The van der Waals surface area contributed by atoms with Crippen LogP contribution in [0.25, 0.3) is 0 Å². The van der Waals surface area contributed by atoms with E-state index in [1.54, 1.807) is 12.1 Å². The van der Waals surface area contributed by atoms with Crippen molar-refractivity contribution in [2.24, 2.45) is 0 Å². The van der Waals surface area contributed by atoms with Gasteiger partial charge in [0.1, 0.15) is 0 Å². The van der Waals surface area contributed by atoms with Gasteiger partial charge >= 0.3 is 8.17 Å². The predicted octanol–water partition coefficient (Wildman–Crippen LogP) is 3.21. The second-order valence-corrected chi connectivity index (χ2v) is 4.73. The number of hydrogen-bond donors (Lipinski definition) is 0. The van der Waals surface area contributed by atoms with Crippen molar-refractivity contribution >= 4 is 8.17 Å². The molecule has 1 spiro atoms. The van der Waals surface area contributed by atoms with Gasteiger partial charge in [-0.05, 0) is 25.3 Å². The summed E-state index contributed by atoms with van der Waals surface area (Å²) in [4.78, 5) is 0. The van der Waals surface area contributed by atoms with Gasteiger partial charge in [-0.3, -0.25) is 0 Å². The Bertz CT molecular complexity index is 425. The lowest BCUT2D eigenvalue weighted by Crippen LogP contribution is -2.00. The molecule has 0 bridgehead atoms. The van der Waals surface area contributed by atoms with Crippen LogP contribution in [0.5, 0.6) is 11.5 Å². The van der Waals surface area contributed by atoms with Crippen LogP contribution >= 0.6 is 8.17 Å². The standard InChI is InChI=1S/C10H8O4P/c1-7-8(2)12-15(11-7)13-9-5-3-4-6-10(9)14-15/h3-6H,1-2H2/q+1. The van der Waals surface area contributed by atoms with Gasteiger partial charge in [0.15, 0.2) is 0 Å². The molecule has 0 aromatic heterocycles. The van der Waals surface area contributed by atoms with Gasteiger partial charge in [-0.1, -0.05) is 12.1 Å². The van der Waals surface area contributed by atoms with Gasteiger partial charge in [0.25, 0.3) is 0 Å². The lowest BCUT2D eigenvalue weighted by atomic mass is 10.3. The van der Waals surface area contributed by atoms with Crippen molar-refractivity contribution in [2.75, 3.05) is 0 Å². The van der Waals surface area contributed by atoms with Crippen LogP contribution in [0, 0.1) is 0 Å².